The normalized spacial score (nSPS) is 11.8. The highest BCUT2D eigenvalue weighted by molar-refractivity contribution is 5.86. The first-order chi connectivity index (χ1) is 43.8. The summed E-state index contributed by atoms with van der Waals surface area (Å²) in [6.45, 7) is 7.10. The van der Waals surface area contributed by atoms with Crippen LogP contribution in [0.25, 0.3) is 89.7 Å². The van der Waals surface area contributed by atoms with Crippen molar-refractivity contribution < 1.29 is 37.9 Å². The molecule has 4 aromatic heterocycles. The van der Waals surface area contributed by atoms with Gasteiger partial charge in [0.05, 0.1) is 81.7 Å². The van der Waals surface area contributed by atoms with Gasteiger partial charge in [-0.05, 0) is 167 Å². The Hall–Kier alpha value is -9.34. The van der Waals surface area contributed by atoms with Gasteiger partial charge in [-0.3, -0.25) is 0 Å². The van der Waals surface area contributed by atoms with Crippen LogP contribution >= 0.6 is 0 Å². The second-order valence-electron chi connectivity index (χ2n) is 23.3. The third-order valence-corrected chi connectivity index (χ3v) is 15.0. The van der Waals surface area contributed by atoms with Crippen LogP contribution in [0.5, 0.6) is 46.0 Å². The molecule has 0 unspecified atom stereocenters. The Bertz CT molecular complexity index is 3870. The van der Waals surface area contributed by atoms with Crippen LogP contribution in [-0.4, -0.2) is 195 Å². The van der Waals surface area contributed by atoms with Crippen molar-refractivity contribution in [2.24, 2.45) is 0 Å². The van der Waals surface area contributed by atoms with Crippen molar-refractivity contribution in [3.63, 3.8) is 0 Å². The van der Waals surface area contributed by atoms with Crippen LogP contribution < -0.4 is 37.9 Å². The van der Waals surface area contributed by atoms with Gasteiger partial charge in [-0.2, -0.15) is 0 Å². The summed E-state index contributed by atoms with van der Waals surface area (Å²) in [5, 5.41) is 0. The fourth-order valence-electron chi connectivity index (χ4n) is 10.4. The van der Waals surface area contributed by atoms with Gasteiger partial charge in [-0.25, -0.2) is 19.9 Å². The number of para-hydroxylation sites is 2. The van der Waals surface area contributed by atoms with Crippen LogP contribution in [0.15, 0.2) is 133 Å². The monoisotopic (exact) mass is 1220 g/mol. The average Bonchev–Trinajstić information content (AvgIpc) is 2.07. The highest BCUT2D eigenvalue weighted by atomic mass is 16.6. The predicted molar refractivity (Wildman–Crippen MR) is 356 cm³/mol. The molecule has 4 N–H and O–H groups in total. The second kappa shape index (κ2) is 29.8. The summed E-state index contributed by atoms with van der Waals surface area (Å²) in [6.07, 6.45) is 3.69. The molecule has 20 nitrogen and oxygen atoms in total. The fraction of sp³-hybridized carbons (Fsp3) is 0.343. The molecule has 0 fully saturated rings. The first-order valence-electron chi connectivity index (χ1n) is 30.8. The largest absolute Gasteiger partial charge is 0.493 e. The zero-order valence-electron chi connectivity index (χ0n) is 52.9. The molecule has 90 heavy (non-hydrogen) atoms. The van der Waals surface area contributed by atoms with Crippen LogP contribution in [0.2, 0.25) is 0 Å². The standard InChI is InChI=1S/C70H82N12O8/c1-79(2)29-11-33-83-49-19-25-55-59(43-49)75-67(71-55)47-17-23-53(69-73-57-27-21-51(45-61(57)77-69)85-35-13-31-81(5)6)65(41-47)89-39-37-87-63-15-9-10-16-64(63)88-38-40-90-66-42-48(68-72-56-26-20-50(44-60(56)76-68)84-34-12-30-80(3)4)18-24-54(66)70-74-58-28-22-52(46-62(58)78-70)86-36-14-32-82(7)8/h9-10,15-28,41-46H,11-14,29-40H2,1-8H3,(H,71,75)(H,72,76)(H,73,77)(H,74,78). The highest BCUT2D eigenvalue weighted by Gasteiger charge is 2.19. The summed E-state index contributed by atoms with van der Waals surface area (Å²) in [5.74, 6) is 8.16. The molecular weight excluding hydrogens is 1140 g/mol. The molecule has 4 heterocycles. The lowest BCUT2D eigenvalue weighted by Gasteiger charge is -2.15. The number of fused-ring (bicyclic) bond motifs is 4. The van der Waals surface area contributed by atoms with Gasteiger partial charge in [0.25, 0.3) is 0 Å². The zero-order valence-corrected chi connectivity index (χ0v) is 52.9. The highest BCUT2D eigenvalue weighted by Crippen LogP contribution is 2.38. The van der Waals surface area contributed by atoms with Gasteiger partial charge >= 0.3 is 0 Å². The molecule has 0 spiro atoms. The molecule has 0 aliphatic heterocycles. The molecule has 470 valence electrons. The summed E-state index contributed by atoms with van der Waals surface area (Å²) in [6, 6.07) is 43.4. The minimum Gasteiger partial charge on any atom is -0.493 e. The van der Waals surface area contributed by atoms with Gasteiger partial charge in [0.15, 0.2) is 11.5 Å². The number of hydrogen-bond acceptors (Lipinski definition) is 16. The maximum Gasteiger partial charge on any atom is 0.161 e. The van der Waals surface area contributed by atoms with Crippen molar-refractivity contribution in [3.8, 4) is 91.5 Å². The Morgan fingerprint density at radius 2 is 0.578 bits per heavy atom. The number of aromatic amines is 4. The van der Waals surface area contributed by atoms with Gasteiger partial charge in [0.1, 0.15) is 84.2 Å². The van der Waals surface area contributed by atoms with Crippen LogP contribution in [0.1, 0.15) is 25.7 Å². The summed E-state index contributed by atoms with van der Waals surface area (Å²) < 4.78 is 50.6. The minimum atomic E-state index is 0.205. The van der Waals surface area contributed by atoms with Crippen molar-refractivity contribution in [1.82, 2.24) is 59.5 Å². The molecule has 11 aromatic rings. The molecule has 11 rings (SSSR count). The maximum atomic E-state index is 6.65. The van der Waals surface area contributed by atoms with E-state index in [1.165, 1.54) is 0 Å². The van der Waals surface area contributed by atoms with Crippen molar-refractivity contribution in [1.29, 1.82) is 0 Å². The number of nitrogens with zero attached hydrogens (tertiary/aromatic N) is 8. The summed E-state index contributed by atoms with van der Waals surface area (Å²) >= 11 is 0. The van der Waals surface area contributed by atoms with E-state index in [0.29, 0.717) is 72.7 Å². The predicted octanol–water partition coefficient (Wildman–Crippen LogP) is 12.1. The number of nitrogens with one attached hydrogen (secondary N) is 4. The van der Waals surface area contributed by atoms with E-state index in [0.717, 1.165) is 141 Å². The van der Waals surface area contributed by atoms with Crippen LogP contribution in [-0.2, 0) is 0 Å². The number of imidazole rings is 4. The lowest BCUT2D eigenvalue weighted by atomic mass is 10.1. The lowest BCUT2D eigenvalue weighted by molar-refractivity contribution is 0.192. The topological polar surface area (TPSA) is 202 Å². The van der Waals surface area contributed by atoms with Crippen molar-refractivity contribution in [2.75, 3.05) is 135 Å². The number of hydrogen-bond donors (Lipinski definition) is 4. The van der Waals surface area contributed by atoms with Crippen molar-refractivity contribution >= 4 is 44.1 Å². The molecule has 0 radical (unpaired) electrons. The molecule has 0 aliphatic carbocycles. The van der Waals surface area contributed by atoms with E-state index >= 15 is 0 Å². The molecule has 0 amide bonds. The Morgan fingerprint density at radius 1 is 0.289 bits per heavy atom. The van der Waals surface area contributed by atoms with Gasteiger partial charge in [-0.15, -0.1) is 0 Å². The van der Waals surface area contributed by atoms with Crippen LogP contribution in [0, 0.1) is 0 Å². The Kier molecular flexibility index (Phi) is 20.6. The number of benzene rings is 7. The third-order valence-electron chi connectivity index (χ3n) is 15.0. The number of aromatic nitrogens is 8. The molecule has 0 atom stereocenters. The molecule has 20 heteroatoms. The van der Waals surface area contributed by atoms with E-state index in [9.17, 15) is 0 Å². The maximum absolute atomic E-state index is 6.65. The van der Waals surface area contributed by atoms with E-state index in [1.54, 1.807) is 0 Å². The molecule has 7 aromatic carbocycles. The Morgan fingerprint density at radius 3 is 0.889 bits per heavy atom. The van der Waals surface area contributed by atoms with Gasteiger partial charge < -0.3 is 77.4 Å². The smallest absolute Gasteiger partial charge is 0.161 e. The van der Waals surface area contributed by atoms with Crippen LogP contribution in [0.4, 0.5) is 0 Å². The van der Waals surface area contributed by atoms with Gasteiger partial charge in [-0.1, -0.05) is 24.3 Å². The van der Waals surface area contributed by atoms with Gasteiger partial charge in [0, 0.05) is 61.6 Å². The van der Waals surface area contributed by atoms with E-state index in [-0.39, 0.29) is 26.4 Å². The lowest BCUT2D eigenvalue weighted by Crippen LogP contribution is -2.15. The quantitative estimate of drug-likeness (QED) is 0.0277. The summed E-state index contributed by atoms with van der Waals surface area (Å²) in [4.78, 5) is 42.6. The van der Waals surface area contributed by atoms with E-state index in [2.05, 4.69) is 95.9 Å². The number of ether oxygens (including phenoxy) is 8. The molecule has 0 bridgehead atoms. The summed E-state index contributed by atoms with van der Waals surface area (Å²) in [7, 11) is 16.5. The molecular formula is C70H82N12O8. The van der Waals surface area contributed by atoms with Gasteiger partial charge in [0.2, 0.25) is 0 Å². The van der Waals surface area contributed by atoms with E-state index in [4.69, 9.17) is 57.8 Å². The average molecular weight is 1220 g/mol. The third kappa shape index (κ3) is 16.5. The zero-order chi connectivity index (χ0) is 62.3. The van der Waals surface area contributed by atoms with Crippen molar-refractivity contribution in [3.05, 3.63) is 133 Å². The first kappa shape index (κ1) is 62.3. The summed E-state index contributed by atoms with van der Waals surface area (Å²) in [5.41, 5.74) is 9.97. The number of H-pyrrole nitrogens is 4. The Balaban J connectivity index is 0.783. The van der Waals surface area contributed by atoms with E-state index < -0.39 is 0 Å². The minimum absolute atomic E-state index is 0.205. The fourth-order valence-corrected chi connectivity index (χ4v) is 10.4. The molecule has 0 saturated heterocycles. The van der Waals surface area contributed by atoms with Crippen molar-refractivity contribution in [2.45, 2.75) is 25.7 Å². The van der Waals surface area contributed by atoms with Crippen LogP contribution in [0.3, 0.4) is 0 Å². The van der Waals surface area contributed by atoms with E-state index in [1.807, 2.05) is 133 Å². The SMILES string of the molecule is CN(C)CCCOc1ccc2nc(-c3ccc(-c4nc5ccc(OCCCN(C)C)cc5[nH]4)c(OCCOc4ccccc4OCCOc4cc(-c5nc6ccc(OCCCN(C)C)cc6[nH]5)ccc4-c4nc5ccc(OCCCN(C)C)cc5[nH]4)c3)[nH]c2c1. The molecule has 0 aliphatic rings. The first-order valence-corrected chi connectivity index (χ1v) is 30.8. The molecule has 0 saturated carbocycles. The number of rotatable bonds is 34. The Labute approximate surface area is 525 Å². The second-order valence-corrected chi connectivity index (χ2v) is 23.3.